The van der Waals surface area contributed by atoms with Crippen molar-refractivity contribution in [3.05, 3.63) is 53.9 Å². The molecule has 1 unspecified atom stereocenters. The fraction of sp³-hybridized carbons (Fsp3) is 0.389. The van der Waals surface area contributed by atoms with E-state index in [1.165, 1.54) is 0 Å². The van der Waals surface area contributed by atoms with E-state index in [0.717, 1.165) is 18.4 Å². The monoisotopic (exact) mass is 327 g/mol. The minimum absolute atomic E-state index is 0.134. The SMILES string of the molecule is CC(CN(C(=O)c1cnn(Cc2ccccc2)c1)C1CC1)C(=O)O. The van der Waals surface area contributed by atoms with E-state index in [4.69, 9.17) is 5.11 Å². The first kappa shape index (κ1) is 16.2. The standard InChI is InChI=1S/C18H21N3O3/c1-13(18(23)24)10-21(16-7-8-16)17(22)15-9-19-20(12-15)11-14-5-3-2-4-6-14/h2-6,9,12-13,16H,7-8,10-11H2,1H3,(H,23,24). The van der Waals surface area contributed by atoms with Crippen molar-refractivity contribution in [3.8, 4) is 0 Å². The molecule has 1 atom stereocenters. The molecule has 2 aromatic rings. The van der Waals surface area contributed by atoms with Crippen molar-refractivity contribution >= 4 is 11.9 Å². The molecule has 3 rings (SSSR count). The number of nitrogens with zero attached hydrogens (tertiary/aromatic N) is 3. The molecule has 1 aliphatic rings. The lowest BCUT2D eigenvalue weighted by molar-refractivity contribution is -0.141. The van der Waals surface area contributed by atoms with Crippen LogP contribution in [0.4, 0.5) is 0 Å². The van der Waals surface area contributed by atoms with Crippen LogP contribution in [0.1, 0.15) is 35.7 Å². The summed E-state index contributed by atoms with van der Waals surface area (Å²) in [7, 11) is 0. The Bertz CT molecular complexity index is 722. The third kappa shape index (κ3) is 3.82. The summed E-state index contributed by atoms with van der Waals surface area (Å²) in [6.07, 6.45) is 5.18. The van der Waals surface area contributed by atoms with Crippen molar-refractivity contribution in [1.29, 1.82) is 0 Å². The van der Waals surface area contributed by atoms with Gasteiger partial charge in [0.2, 0.25) is 0 Å². The molecule has 6 heteroatoms. The number of aromatic nitrogens is 2. The van der Waals surface area contributed by atoms with E-state index >= 15 is 0 Å². The van der Waals surface area contributed by atoms with Gasteiger partial charge in [0.15, 0.2) is 0 Å². The Labute approximate surface area is 140 Å². The second-order valence-electron chi connectivity index (χ2n) is 6.34. The molecule has 1 amide bonds. The molecule has 0 aliphatic heterocycles. The van der Waals surface area contributed by atoms with Gasteiger partial charge in [-0.1, -0.05) is 37.3 Å². The number of hydrogen-bond acceptors (Lipinski definition) is 3. The van der Waals surface area contributed by atoms with Crippen molar-refractivity contribution in [2.45, 2.75) is 32.4 Å². The van der Waals surface area contributed by atoms with Gasteiger partial charge in [0.1, 0.15) is 0 Å². The Morgan fingerprint density at radius 2 is 2.04 bits per heavy atom. The van der Waals surface area contributed by atoms with Crippen LogP contribution in [0.25, 0.3) is 0 Å². The first-order valence-corrected chi connectivity index (χ1v) is 8.14. The lowest BCUT2D eigenvalue weighted by atomic mass is 10.1. The molecule has 0 bridgehead atoms. The maximum absolute atomic E-state index is 12.7. The van der Waals surface area contributed by atoms with E-state index in [9.17, 15) is 9.59 Å². The molecule has 0 radical (unpaired) electrons. The minimum atomic E-state index is -0.881. The lowest BCUT2D eigenvalue weighted by Crippen LogP contribution is -2.38. The number of carbonyl (C=O) groups is 2. The minimum Gasteiger partial charge on any atom is -0.481 e. The molecule has 1 heterocycles. The van der Waals surface area contributed by atoms with Crippen molar-refractivity contribution < 1.29 is 14.7 Å². The molecule has 24 heavy (non-hydrogen) atoms. The van der Waals surface area contributed by atoms with Gasteiger partial charge >= 0.3 is 5.97 Å². The highest BCUT2D eigenvalue weighted by Gasteiger charge is 2.35. The number of aliphatic carboxylic acids is 1. The second-order valence-corrected chi connectivity index (χ2v) is 6.34. The Kier molecular flexibility index (Phi) is 4.64. The summed E-state index contributed by atoms with van der Waals surface area (Å²) in [6.45, 7) is 2.47. The number of carboxylic acids is 1. The van der Waals surface area contributed by atoms with Crippen LogP contribution in [0.3, 0.4) is 0 Å². The summed E-state index contributed by atoms with van der Waals surface area (Å²) >= 11 is 0. The topological polar surface area (TPSA) is 75.4 Å². The van der Waals surface area contributed by atoms with E-state index < -0.39 is 11.9 Å². The molecular weight excluding hydrogens is 306 g/mol. The van der Waals surface area contributed by atoms with Crippen molar-refractivity contribution in [3.63, 3.8) is 0 Å². The third-order valence-electron chi connectivity index (χ3n) is 4.21. The largest absolute Gasteiger partial charge is 0.481 e. The van der Waals surface area contributed by atoms with Crippen LogP contribution in [0.2, 0.25) is 0 Å². The van der Waals surface area contributed by atoms with E-state index in [-0.39, 0.29) is 18.5 Å². The van der Waals surface area contributed by atoms with Gasteiger partial charge < -0.3 is 10.0 Å². The molecular formula is C18H21N3O3. The maximum atomic E-state index is 12.7. The second kappa shape index (κ2) is 6.86. The van der Waals surface area contributed by atoms with E-state index in [0.29, 0.717) is 12.1 Å². The van der Waals surface area contributed by atoms with Crippen LogP contribution in [0.15, 0.2) is 42.7 Å². The predicted molar refractivity (Wildman–Crippen MR) is 88.6 cm³/mol. The molecule has 0 spiro atoms. The van der Waals surface area contributed by atoms with Crippen LogP contribution in [-0.2, 0) is 11.3 Å². The molecule has 1 aromatic carbocycles. The summed E-state index contributed by atoms with van der Waals surface area (Å²) in [6, 6.07) is 10.1. The average molecular weight is 327 g/mol. The highest BCUT2D eigenvalue weighted by atomic mass is 16.4. The van der Waals surface area contributed by atoms with Gasteiger partial charge in [-0.05, 0) is 18.4 Å². The van der Waals surface area contributed by atoms with Crippen molar-refractivity contribution in [2.24, 2.45) is 5.92 Å². The third-order valence-corrected chi connectivity index (χ3v) is 4.21. The quantitative estimate of drug-likeness (QED) is 0.846. The van der Waals surface area contributed by atoms with Crippen LogP contribution in [-0.4, -0.2) is 44.3 Å². The Balaban J connectivity index is 1.70. The van der Waals surface area contributed by atoms with E-state index in [2.05, 4.69) is 5.10 Å². The highest BCUT2D eigenvalue weighted by molar-refractivity contribution is 5.94. The van der Waals surface area contributed by atoms with Gasteiger partial charge in [-0.3, -0.25) is 14.3 Å². The van der Waals surface area contributed by atoms with Gasteiger partial charge in [0.05, 0.1) is 24.2 Å². The number of carboxylic acid groups (broad SMARTS) is 1. The van der Waals surface area contributed by atoms with Crippen LogP contribution < -0.4 is 0 Å². The molecule has 1 aromatic heterocycles. The number of carbonyl (C=O) groups excluding carboxylic acids is 1. The smallest absolute Gasteiger partial charge is 0.308 e. The van der Waals surface area contributed by atoms with Crippen LogP contribution in [0.5, 0.6) is 0 Å². The first-order chi connectivity index (χ1) is 11.5. The van der Waals surface area contributed by atoms with Gasteiger partial charge in [-0.2, -0.15) is 5.10 Å². The van der Waals surface area contributed by atoms with Crippen molar-refractivity contribution in [2.75, 3.05) is 6.54 Å². The number of rotatable bonds is 7. The predicted octanol–water partition coefficient (Wildman–Crippen LogP) is 2.26. The number of amides is 1. The fourth-order valence-electron chi connectivity index (χ4n) is 2.65. The van der Waals surface area contributed by atoms with Crippen LogP contribution >= 0.6 is 0 Å². The highest BCUT2D eigenvalue weighted by Crippen LogP contribution is 2.29. The van der Waals surface area contributed by atoms with E-state index in [1.54, 1.807) is 28.9 Å². The number of benzene rings is 1. The first-order valence-electron chi connectivity index (χ1n) is 8.14. The van der Waals surface area contributed by atoms with Gasteiger partial charge in [-0.25, -0.2) is 0 Å². The molecule has 1 aliphatic carbocycles. The number of hydrogen-bond donors (Lipinski definition) is 1. The lowest BCUT2D eigenvalue weighted by Gasteiger charge is -2.23. The van der Waals surface area contributed by atoms with Crippen molar-refractivity contribution in [1.82, 2.24) is 14.7 Å². The summed E-state index contributed by atoms with van der Waals surface area (Å²) in [4.78, 5) is 25.5. The molecule has 1 saturated carbocycles. The fourth-order valence-corrected chi connectivity index (χ4v) is 2.65. The summed E-state index contributed by atoms with van der Waals surface area (Å²) in [5.74, 6) is -1.59. The molecule has 1 N–H and O–H groups in total. The normalized spacial score (nSPS) is 15.0. The van der Waals surface area contributed by atoms with Gasteiger partial charge in [-0.15, -0.1) is 0 Å². The maximum Gasteiger partial charge on any atom is 0.308 e. The summed E-state index contributed by atoms with van der Waals surface area (Å²) in [5, 5.41) is 13.4. The molecule has 126 valence electrons. The average Bonchev–Trinajstić information content (AvgIpc) is 3.31. The van der Waals surface area contributed by atoms with E-state index in [1.807, 2.05) is 30.3 Å². The molecule has 6 nitrogen and oxygen atoms in total. The Hall–Kier alpha value is -2.63. The molecule has 0 saturated heterocycles. The zero-order valence-corrected chi connectivity index (χ0v) is 13.6. The van der Waals surface area contributed by atoms with Gasteiger partial charge in [0, 0.05) is 18.8 Å². The zero-order valence-electron chi connectivity index (χ0n) is 13.6. The summed E-state index contributed by atoms with van der Waals surface area (Å²) in [5.41, 5.74) is 1.62. The zero-order chi connectivity index (χ0) is 17.1. The summed E-state index contributed by atoms with van der Waals surface area (Å²) < 4.78 is 1.73. The molecule has 1 fully saturated rings. The Morgan fingerprint density at radius 3 is 2.67 bits per heavy atom. The van der Waals surface area contributed by atoms with Crippen LogP contribution in [0, 0.1) is 5.92 Å². The Morgan fingerprint density at radius 1 is 1.33 bits per heavy atom. The van der Waals surface area contributed by atoms with Gasteiger partial charge in [0.25, 0.3) is 5.91 Å².